The molecule has 0 bridgehead atoms. The van der Waals surface area contributed by atoms with Crippen LogP contribution in [0, 0.1) is 5.21 Å². The summed E-state index contributed by atoms with van der Waals surface area (Å²) in [4.78, 5) is 3.13. The van der Waals surface area contributed by atoms with Crippen LogP contribution in [0.2, 0.25) is 0 Å². The smallest absolute Gasteiger partial charge is 0.328 e. The van der Waals surface area contributed by atoms with Crippen molar-refractivity contribution in [2.75, 3.05) is 12.8 Å². The van der Waals surface area contributed by atoms with Crippen LogP contribution in [0.5, 0.6) is 0 Å². The summed E-state index contributed by atoms with van der Waals surface area (Å²) in [5.74, 6) is 1.10. The molecule has 1 aromatic heterocycles. The number of aromatic nitrogens is 3. The molecular formula is C14H18N4OS. The van der Waals surface area contributed by atoms with Crippen LogP contribution in [-0.2, 0) is 0 Å². The van der Waals surface area contributed by atoms with Crippen molar-refractivity contribution in [2.24, 2.45) is 0 Å². The van der Waals surface area contributed by atoms with E-state index in [2.05, 4.69) is 15.2 Å². The van der Waals surface area contributed by atoms with Gasteiger partial charge in [0.1, 0.15) is 5.37 Å². The first-order valence-electron chi connectivity index (χ1n) is 6.84. The average molecular weight is 290 g/mol. The fraction of sp³-hybridized carbons (Fsp3) is 0.429. The predicted molar refractivity (Wildman–Crippen MR) is 83.0 cm³/mol. The second kappa shape index (κ2) is 5.55. The molecular weight excluding hydrogens is 272 g/mol. The van der Waals surface area contributed by atoms with Crippen molar-refractivity contribution >= 4 is 17.7 Å². The maximum atomic E-state index is 13.1. The first-order valence-corrected chi connectivity index (χ1v) is 8.13. The van der Waals surface area contributed by atoms with Crippen LogP contribution in [-0.4, -0.2) is 33.4 Å². The number of quaternary nitrogens is 1. The molecule has 5 nitrogen and oxygen atoms in total. The Balaban J connectivity index is 1.93. The fourth-order valence-electron chi connectivity index (χ4n) is 2.70. The number of benzene rings is 1. The molecule has 106 valence electrons. The Morgan fingerprint density at radius 3 is 2.80 bits per heavy atom. The van der Waals surface area contributed by atoms with Gasteiger partial charge in [0.15, 0.2) is 5.82 Å². The topological polar surface area (TPSA) is 64.6 Å². The van der Waals surface area contributed by atoms with Gasteiger partial charge in [-0.15, -0.1) is 16.9 Å². The zero-order valence-electron chi connectivity index (χ0n) is 11.5. The predicted octanol–water partition coefficient (Wildman–Crippen LogP) is 3.15. The van der Waals surface area contributed by atoms with Crippen LogP contribution in [0.3, 0.4) is 0 Å². The number of hydrogen-bond donors (Lipinski definition) is 1. The van der Waals surface area contributed by atoms with Gasteiger partial charge in [0, 0.05) is 12.0 Å². The van der Waals surface area contributed by atoms with Crippen molar-refractivity contribution in [2.45, 2.75) is 24.6 Å². The number of aromatic amines is 1. The van der Waals surface area contributed by atoms with Crippen molar-refractivity contribution < 1.29 is 0 Å². The zero-order valence-corrected chi connectivity index (χ0v) is 12.3. The first kappa shape index (κ1) is 13.6. The highest BCUT2D eigenvalue weighted by atomic mass is 32.2. The molecule has 1 N–H and O–H groups in total. The van der Waals surface area contributed by atoms with Gasteiger partial charge in [-0.1, -0.05) is 35.4 Å². The molecule has 2 heterocycles. The van der Waals surface area contributed by atoms with E-state index >= 15 is 0 Å². The van der Waals surface area contributed by atoms with Gasteiger partial charge in [0.25, 0.3) is 0 Å². The van der Waals surface area contributed by atoms with Crippen molar-refractivity contribution in [3.05, 3.63) is 35.5 Å². The Morgan fingerprint density at radius 2 is 2.05 bits per heavy atom. The minimum atomic E-state index is -0.388. The minimum absolute atomic E-state index is 0.0142. The third-order valence-corrected chi connectivity index (χ3v) is 4.93. The van der Waals surface area contributed by atoms with Gasteiger partial charge in [0.2, 0.25) is 0 Å². The summed E-state index contributed by atoms with van der Waals surface area (Å²) in [6.45, 7) is 0.578. The Hall–Kier alpha value is -1.37. The van der Waals surface area contributed by atoms with E-state index < -0.39 is 0 Å². The molecule has 1 aromatic carbocycles. The van der Waals surface area contributed by atoms with E-state index in [9.17, 15) is 5.21 Å². The molecule has 0 aliphatic carbocycles. The van der Waals surface area contributed by atoms with E-state index in [0.29, 0.717) is 18.3 Å². The van der Waals surface area contributed by atoms with E-state index in [4.69, 9.17) is 0 Å². The second-order valence-corrected chi connectivity index (χ2v) is 6.08. The maximum Gasteiger partial charge on any atom is 0.328 e. The van der Waals surface area contributed by atoms with Gasteiger partial charge >= 0.3 is 5.95 Å². The lowest BCUT2D eigenvalue weighted by molar-refractivity contribution is 0.270. The first-order chi connectivity index (χ1) is 9.74. The molecule has 1 aliphatic heterocycles. The third-order valence-electron chi connectivity index (χ3n) is 3.81. The summed E-state index contributed by atoms with van der Waals surface area (Å²) in [5, 5.41) is 21.4. The molecule has 6 heteroatoms. The van der Waals surface area contributed by atoms with Crippen LogP contribution in [0.1, 0.15) is 19.3 Å². The summed E-state index contributed by atoms with van der Waals surface area (Å²) in [6.07, 6.45) is 5.00. The highest BCUT2D eigenvalue weighted by Crippen LogP contribution is 2.35. The normalized spacial score (nSPS) is 26.6. The molecule has 3 rings (SSSR count). The molecule has 2 unspecified atom stereocenters. The van der Waals surface area contributed by atoms with Crippen molar-refractivity contribution in [1.82, 2.24) is 19.8 Å². The number of hydrogen-bond acceptors (Lipinski definition) is 4. The lowest BCUT2D eigenvalue weighted by Gasteiger charge is -2.47. The molecule has 1 aliphatic rings. The van der Waals surface area contributed by atoms with E-state index in [-0.39, 0.29) is 10.0 Å². The second-order valence-electron chi connectivity index (χ2n) is 5.07. The zero-order chi connectivity index (χ0) is 14.0. The number of piperidine rings is 1. The monoisotopic (exact) mass is 290 g/mol. The van der Waals surface area contributed by atoms with Crippen LogP contribution in [0.15, 0.2) is 30.3 Å². The molecule has 0 spiro atoms. The van der Waals surface area contributed by atoms with Crippen LogP contribution in [0.4, 0.5) is 5.95 Å². The molecule has 0 saturated carbocycles. The fourth-order valence-corrected chi connectivity index (χ4v) is 3.65. The summed E-state index contributed by atoms with van der Waals surface area (Å²) < 4.78 is -0.388. The Kier molecular flexibility index (Phi) is 3.78. The summed E-state index contributed by atoms with van der Waals surface area (Å²) in [6, 6.07) is 9.77. The van der Waals surface area contributed by atoms with E-state index in [1.54, 1.807) is 11.8 Å². The molecule has 1 fully saturated rings. The van der Waals surface area contributed by atoms with Gasteiger partial charge in [-0.05, 0) is 19.1 Å². The molecule has 1 saturated heterocycles. The summed E-state index contributed by atoms with van der Waals surface area (Å²) in [5.41, 5.74) is 0.954. The highest BCUT2D eigenvalue weighted by molar-refractivity contribution is 7.99. The standard InChI is InChI=1S/C14H18N4OS/c1-20-12-9-5-6-10-18(12,19)14-15-13(16-17-14)11-7-3-2-4-8-11/h2-4,7-8,12H,5-6,9-10H2,1H3,(H,15,16,17). The Bertz CT molecular complexity index is 574. The quantitative estimate of drug-likeness (QED) is 0.696. The molecule has 20 heavy (non-hydrogen) atoms. The van der Waals surface area contributed by atoms with Gasteiger partial charge < -0.3 is 5.21 Å². The summed E-state index contributed by atoms with van der Waals surface area (Å²) >= 11 is 1.62. The van der Waals surface area contributed by atoms with Crippen LogP contribution < -0.4 is 4.65 Å². The molecule has 0 radical (unpaired) electrons. The third kappa shape index (κ3) is 2.34. The van der Waals surface area contributed by atoms with Crippen LogP contribution >= 0.6 is 11.8 Å². The molecule has 0 amide bonds. The lowest BCUT2D eigenvalue weighted by Crippen LogP contribution is -2.54. The molecule has 2 aromatic rings. The maximum absolute atomic E-state index is 13.1. The van der Waals surface area contributed by atoms with Crippen LogP contribution in [0.25, 0.3) is 11.4 Å². The van der Waals surface area contributed by atoms with Gasteiger partial charge in [0.05, 0.1) is 6.54 Å². The van der Waals surface area contributed by atoms with Gasteiger partial charge in [-0.25, -0.2) is 0 Å². The van der Waals surface area contributed by atoms with Crippen molar-refractivity contribution in [3.8, 4) is 11.4 Å². The minimum Gasteiger partial charge on any atom is -0.624 e. The highest BCUT2D eigenvalue weighted by Gasteiger charge is 2.36. The number of H-pyrrole nitrogens is 1. The van der Waals surface area contributed by atoms with Crippen molar-refractivity contribution in [3.63, 3.8) is 0 Å². The Labute approximate surface area is 122 Å². The van der Waals surface area contributed by atoms with Gasteiger partial charge in [-0.2, -0.15) is 0 Å². The number of rotatable bonds is 3. The summed E-state index contributed by atoms with van der Waals surface area (Å²) in [7, 11) is 0. The van der Waals surface area contributed by atoms with E-state index in [0.717, 1.165) is 24.8 Å². The largest absolute Gasteiger partial charge is 0.624 e. The lowest BCUT2D eigenvalue weighted by atomic mass is 10.1. The Morgan fingerprint density at radius 1 is 1.25 bits per heavy atom. The average Bonchev–Trinajstić information content (AvgIpc) is 2.99. The number of thioether (sulfide) groups is 1. The van der Waals surface area contributed by atoms with E-state index in [1.807, 2.05) is 36.6 Å². The van der Waals surface area contributed by atoms with Gasteiger partial charge in [-0.3, -0.25) is 9.63 Å². The number of hydroxylamine groups is 2. The number of nitrogens with one attached hydrogen (secondary N) is 1. The van der Waals surface area contributed by atoms with Crippen molar-refractivity contribution in [1.29, 1.82) is 0 Å². The molecule has 2 atom stereocenters. The number of nitrogens with zero attached hydrogens (tertiary/aromatic N) is 3. The van der Waals surface area contributed by atoms with E-state index in [1.165, 1.54) is 0 Å². The SMILES string of the molecule is CSC1CCCC[N+]1([O-])c1nnc(-c2ccccc2)[nH]1.